The number of aliphatic hydroxyl groups excluding tert-OH is 1. The van der Waals surface area contributed by atoms with E-state index in [4.69, 9.17) is 35.3 Å². The van der Waals surface area contributed by atoms with Gasteiger partial charge in [-0.25, -0.2) is 14.8 Å². The summed E-state index contributed by atoms with van der Waals surface area (Å²) in [5.41, 5.74) is 1.72. The minimum absolute atomic E-state index is 0.0797. The van der Waals surface area contributed by atoms with Gasteiger partial charge in [0.2, 0.25) is 0 Å². The van der Waals surface area contributed by atoms with Gasteiger partial charge in [0.25, 0.3) is 5.56 Å². The molecule has 4 aromatic rings. The first-order chi connectivity index (χ1) is 21.5. The molecule has 1 aromatic carbocycles. The van der Waals surface area contributed by atoms with Crippen LogP contribution >= 0.6 is 11.6 Å². The van der Waals surface area contributed by atoms with Crippen molar-refractivity contribution in [3.05, 3.63) is 58.4 Å². The molecule has 3 aromatic heterocycles. The van der Waals surface area contributed by atoms with Gasteiger partial charge < -0.3 is 43.7 Å². The normalized spacial score (nSPS) is 12.2. The predicted octanol–water partition coefficient (Wildman–Crippen LogP) is 2.21. The lowest BCUT2D eigenvalue weighted by Gasteiger charge is -2.15. The Morgan fingerprint density at radius 1 is 1.07 bits per heavy atom. The first-order valence-electron chi connectivity index (χ1n) is 14.2. The fourth-order valence-electron chi connectivity index (χ4n) is 4.34. The highest BCUT2D eigenvalue weighted by atomic mass is 35.5. The van der Waals surface area contributed by atoms with Crippen molar-refractivity contribution in [2.45, 2.75) is 19.7 Å². The van der Waals surface area contributed by atoms with E-state index in [1.54, 1.807) is 6.92 Å². The number of anilines is 2. The monoisotopic (exact) mass is 632 g/mol. The van der Waals surface area contributed by atoms with Gasteiger partial charge in [0.15, 0.2) is 0 Å². The second-order valence-electron chi connectivity index (χ2n) is 9.42. The van der Waals surface area contributed by atoms with E-state index in [1.165, 1.54) is 12.4 Å². The maximum atomic E-state index is 12.5. The summed E-state index contributed by atoms with van der Waals surface area (Å²) in [6.45, 7) is 5.50. The molecule has 0 bridgehead atoms. The highest BCUT2D eigenvalue weighted by Crippen LogP contribution is 2.29. The highest BCUT2D eigenvalue weighted by molar-refractivity contribution is 6.30. The molecule has 0 radical (unpaired) electrons. The number of aromatic amines is 1. The number of aromatic nitrogens is 4. The second-order valence-corrected chi connectivity index (χ2v) is 9.80. The Labute approximate surface area is 258 Å². The van der Waals surface area contributed by atoms with E-state index in [9.17, 15) is 14.7 Å². The van der Waals surface area contributed by atoms with Crippen LogP contribution in [0.25, 0.3) is 21.8 Å². The summed E-state index contributed by atoms with van der Waals surface area (Å²) in [5.74, 6) is -0.0864. The van der Waals surface area contributed by atoms with Crippen molar-refractivity contribution in [3.63, 3.8) is 0 Å². The molecule has 4 rings (SSSR count). The second kappa shape index (κ2) is 17.6. The lowest BCUT2D eigenvalue weighted by molar-refractivity contribution is -0.149. The van der Waals surface area contributed by atoms with Gasteiger partial charge >= 0.3 is 5.97 Å². The molecule has 0 amide bonds. The molecule has 1 atom stereocenters. The molecule has 0 fully saturated rings. The number of rotatable bonds is 20. The average Bonchev–Trinajstić information content (AvgIpc) is 3.40. The van der Waals surface area contributed by atoms with E-state index in [0.29, 0.717) is 82.7 Å². The SMILES string of the molecule is CCOC(=O)COCCOCCOCCOCCNC(O)Cn1ccc2c(Nc3nc(Cl)cc4nc[nH]c(=O)c34)cccc21. The molecule has 238 valence electrons. The number of esters is 1. The number of benzene rings is 1. The molecule has 0 spiro atoms. The molecule has 14 nitrogen and oxygen atoms in total. The first kappa shape index (κ1) is 33.3. The molecule has 15 heteroatoms. The van der Waals surface area contributed by atoms with Gasteiger partial charge in [-0.2, -0.15) is 0 Å². The van der Waals surface area contributed by atoms with E-state index in [-0.39, 0.29) is 23.3 Å². The van der Waals surface area contributed by atoms with E-state index in [1.807, 2.05) is 35.0 Å². The number of nitrogens with one attached hydrogen (secondary N) is 3. The smallest absolute Gasteiger partial charge is 0.332 e. The van der Waals surface area contributed by atoms with Crippen LogP contribution in [0.1, 0.15) is 6.92 Å². The zero-order valence-corrected chi connectivity index (χ0v) is 25.2. The minimum atomic E-state index is -0.802. The summed E-state index contributed by atoms with van der Waals surface area (Å²) < 4.78 is 28.2. The Bertz CT molecular complexity index is 1550. The summed E-state index contributed by atoms with van der Waals surface area (Å²) in [5, 5.41) is 18.2. The van der Waals surface area contributed by atoms with Gasteiger partial charge in [0.1, 0.15) is 29.2 Å². The highest BCUT2D eigenvalue weighted by Gasteiger charge is 2.14. The van der Waals surface area contributed by atoms with Crippen molar-refractivity contribution in [2.75, 3.05) is 71.3 Å². The van der Waals surface area contributed by atoms with E-state index in [2.05, 4.69) is 25.6 Å². The number of carbonyl (C=O) groups excluding carboxylic acids is 1. The third-order valence-electron chi connectivity index (χ3n) is 6.30. The van der Waals surface area contributed by atoms with Gasteiger partial charge in [-0.3, -0.25) is 10.1 Å². The van der Waals surface area contributed by atoms with Crippen LogP contribution < -0.4 is 16.2 Å². The van der Waals surface area contributed by atoms with Crippen LogP contribution in [-0.2, 0) is 35.0 Å². The van der Waals surface area contributed by atoms with Crippen LogP contribution in [0.3, 0.4) is 0 Å². The summed E-state index contributed by atoms with van der Waals surface area (Å²) in [7, 11) is 0. The molecular formula is C29H37ClN6O8. The number of aliphatic hydroxyl groups is 1. The molecule has 4 N–H and O–H groups in total. The Morgan fingerprint density at radius 2 is 1.80 bits per heavy atom. The fourth-order valence-corrected chi connectivity index (χ4v) is 4.52. The number of H-pyrrole nitrogens is 1. The van der Waals surface area contributed by atoms with Crippen LogP contribution in [0.4, 0.5) is 11.5 Å². The Balaban J connectivity index is 1.13. The van der Waals surface area contributed by atoms with Crippen molar-refractivity contribution >= 4 is 50.9 Å². The summed E-state index contributed by atoms with van der Waals surface area (Å²) in [4.78, 5) is 34.7. The molecule has 3 heterocycles. The van der Waals surface area contributed by atoms with Crippen LogP contribution in [-0.4, -0.2) is 103 Å². The third kappa shape index (κ3) is 9.95. The van der Waals surface area contributed by atoms with Crippen LogP contribution in [0, 0.1) is 0 Å². The van der Waals surface area contributed by atoms with Gasteiger partial charge in [0.05, 0.1) is 76.8 Å². The van der Waals surface area contributed by atoms with Gasteiger partial charge in [0, 0.05) is 29.9 Å². The Kier molecular flexibility index (Phi) is 13.3. The van der Waals surface area contributed by atoms with Gasteiger partial charge in [-0.05, 0) is 25.1 Å². The summed E-state index contributed by atoms with van der Waals surface area (Å²) in [6, 6.07) is 9.16. The zero-order valence-electron chi connectivity index (χ0n) is 24.4. The zero-order chi connectivity index (χ0) is 31.1. The van der Waals surface area contributed by atoms with Crippen molar-refractivity contribution in [1.82, 2.24) is 24.8 Å². The van der Waals surface area contributed by atoms with Crippen LogP contribution in [0.2, 0.25) is 5.15 Å². The first-order valence-corrected chi connectivity index (χ1v) is 14.6. The topological polar surface area (TPSA) is 171 Å². The van der Waals surface area contributed by atoms with Crippen molar-refractivity contribution in [3.8, 4) is 0 Å². The molecular weight excluding hydrogens is 596 g/mol. The molecule has 0 aliphatic carbocycles. The average molecular weight is 633 g/mol. The number of nitrogens with zero attached hydrogens (tertiary/aromatic N) is 3. The number of fused-ring (bicyclic) bond motifs is 2. The van der Waals surface area contributed by atoms with Crippen molar-refractivity contribution in [1.29, 1.82) is 0 Å². The molecule has 0 aliphatic rings. The molecule has 44 heavy (non-hydrogen) atoms. The fraction of sp³-hybridized carbons (Fsp3) is 0.448. The van der Waals surface area contributed by atoms with E-state index in [0.717, 1.165) is 16.6 Å². The molecule has 1 unspecified atom stereocenters. The standard InChI is InChI=1S/C29H37ClN6O8/c1-2-44-26(38)18-43-15-14-42-13-12-41-11-10-40-9-7-31-25(37)17-36-8-6-20-21(4-3-5-23(20)36)34-28-27-22(16-24(30)35-28)32-19-33-29(27)39/h3-6,8,16,19,25,31,37H,2,7,9-15,17-18H2,1H3,(H,34,35)(H,32,33,39). The summed E-state index contributed by atoms with van der Waals surface area (Å²) >= 11 is 6.17. The number of ether oxygens (including phenoxy) is 5. The molecule has 0 saturated heterocycles. The predicted molar refractivity (Wildman–Crippen MR) is 164 cm³/mol. The number of hydrogen-bond acceptors (Lipinski definition) is 12. The maximum Gasteiger partial charge on any atom is 0.332 e. The minimum Gasteiger partial charge on any atom is -0.464 e. The third-order valence-corrected chi connectivity index (χ3v) is 6.49. The van der Waals surface area contributed by atoms with E-state index < -0.39 is 6.23 Å². The van der Waals surface area contributed by atoms with Gasteiger partial charge in [-0.15, -0.1) is 0 Å². The van der Waals surface area contributed by atoms with Crippen LogP contribution in [0.5, 0.6) is 0 Å². The van der Waals surface area contributed by atoms with Gasteiger partial charge in [-0.1, -0.05) is 17.7 Å². The largest absolute Gasteiger partial charge is 0.464 e. The van der Waals surface area contributed by atoms with E-state index >= 15 is 0 Å². The number of pyridine rings is 1. The molecule has 0 saturated carbocycles. The molecule has 0 aliphatic heterocycles. The lowest BCUT2D eigenvalue weighted by atomic mass is 10.2. The number of hydrogen-bond donors (Lipinski definition) is 4. The van der Waals surface area contributed by atoms with Crippen molar-refractivity contribution in [2.24, 2.45) is 0 Å². The quantitative estimate of drug-likeness (QED) is 0.0485. The van der Waals surface area contributed by atoms with Crippen molar-refractivity contribution < 1.29 is 33.6 Å². The Morgan fingerprint density at radius 3 is 2.55 bits per heavy atom. The van der Waals surface area contributed by atoms with Crippen LogP contribution in [0.15, 0.2) is 47.7 Å². The number of halogens is 1. The maximum absolute atomic E-state index is 12.5. The lowest BCUT2D eigenvalue weighted by Crippen LogP contribution is -2.35. The summed E-state index contributed by atoms with van der Waals surface area (Å²) in [6.07, 6.45) is 2.40. The Hall–Kier alpha value is -3.63. The number of carbonyl (C=O) groups is 1.